The van der Waals surface area contributed by atoms with Crippen LogP contribution in [-0.2, 0) is 9.59 Å². The normalized spacial score (nSPS) is 25.4. The quantitative estimate of drug-likeness (QED) is 0.550. The van der Waals surface area contributed by atoms with E-state index in [-0.39, 0.29) is 16.1 Å². The summed E-state index contributed by atoms with van der Waals surface area (Å²) in [5, 5.41) is 0.0514. The molecule has 50 valence electrons. The van der Waals surface area contributed by atoms with Crippen LogP contribution >= 0.6 is 11.8 Å². The summed E-state index contributed by atoms with van der Waals surface area (Å²) < 4.78 is 0. The fourth-order valence-electron chi connectivity index (χ4n) is 0.705. The van der Waals surface area contributed by atoms with E-state index >= 15 is 0 Å². The van der Waals surface area contributed by atoms with E-state index in [9.17, 15) is 9.59 Å². The smallest absolute Gasteiger partial charge is 0.186 e. The Morgan fingerprint density at radius 3 is 2.56 bits per heavy atom. The molecule has 0 amide bonds. The van der Waals surface area contributed by atoms with Gasteiger partial charge in [-0.3, -0.25) is 9.59 Å². The van der Waals surface area contributed by atoms with Crippen molar-refractivity contribution in [3.63, 3.8) is 0 Å². The first-order valence-corrected chi connectivity index (χ1v) is 3.78. The Kier molecular flexibility index (Phi) is 1.90. The van der Waals surface area contributed by atoms with Crippen molar-refractivity contribution >= 4 is 22.7 Å². The van der Waals surface area contributed by atoms with Crippen LogP contribution in [0.1, 0.15) is 19.8 Å². The van der Waals surface area contributed by atoms with Crippen LogP contribution in [-0.4, -0.2) is 16.1 Å². The Morgan fingerprint density at radius 1 is 1.78 bits per heavy atom. The lowest BCUT2D eigenvalue weighted by Crippen LogP contribution is -2.29. The second-order valence-corrected chi connectivity index (χ2v) is 3.48. The van der Waals surface area contributed by atoms with Crippen LogP contribution in [0.25, 0.3) is 0 Å². The summed E-state index contributed by atoms with van der Waals surface area (Å²) in [6.07, 6.45) is 1.56. The van der Waals surface area contributed by atoms with Crippen LogP contribution in [0.5, 0.6) is 0 Å². The summed E-state index contributed by atoms with van der Waals surface area (Å²) >= 11 is 1.16. The minimum Gasteiger partial charge on any atom is -0.298 e. The Labute approximate surface area is 58.0 Å². The van der Waals surface area contributed by atoms with Crippen molar-refractivity contribution < 1.29 is 9.59 Å². The average Bonchev–Trinajstić information content (AvgIpc) is 1.79. The molecule has 0 N–H and O–H groups in total. The molecule has 2 nitrogen and oxygen atoms in total. The van der Waals surface area contributed by atoms with Gasteiger partial charge >= 0.3 is 0 Å². The summed E-state index contributed by atoms with van der Waals surface area (Å²) in [6, 6.07) is 0. The average molecular weight is 144 g/mol. The number of hydrogen-bond donors (Lipinski definition) is 0. The Hall–Kier alpha value is -0.310. The lowest BCUT2D eigenvalue weighted by molar-refractivity contribution is -0.123. The highest BCUT2D eigenvalue weighted by Crippen LogP contribution is 2.27. The lowest BCUT2D eigenvalue weighted by atomic mass is 9.98. The van der Waals surface area contributed by atoms with Crippen molar-refractivity contribution in [2.75, 3.05) is 0 Å². The highest BCUT2D eigenvalue weighted by molar-refractivity contribution is 8.14. The number of carbonyl (C=O) groups excluding carboxylic acids is 2. The van der Waals surface area contributed by atoms with E-state index in [4.69, 9.17) is 0 Å². The topological polar surface area (TPSA) is 34.1 Å². The highest BCUT2D eigenvalue weighted by Gasteiger charge is 2.29. The van der Waals surface area contributed by atoms with Gasteiger partial charge in [-0.15, -0.1) is 0 Å². The van der Waals surface area contributed by atoms with Crippen LogP contribution in [0.2, 0.25) is 0 Å². The van der Waals surface area contributed by atoms with E-state index in [1.807, 2.05) is 0 Å². The molecular weight excluding hydrogens is 136 g/mol. The number of Topliss-reactive ketones (excluding diaryl/α,β-unsaturated/α-hetero) is 1. The zero-order chi connectivity index (χ0) is 6.85. The lowest BCUT2D eigenvalue weighted by Gasteiger charge is -2.20. The van der Waals surface area contributed by atoms with Crippen molar-refractivity contribution in [2.24, 2.45) is 0 Å². The molecular formula is C6H8O2S. The molecule has 9 heavy (non-hydrogen) atoms. The van der Waals surface area contributed by atoms with Crippen molar-refractivity contribution in [1.29, 1.82) is 0 Å². The van der Waals surface area contributed by atoms with Gasteiger partial charge in [0.15, 0.2) is 5.12 Å². The third-order valence-corrected chi connectivity index (χ3v) is 2.44. The van der Waals surface area contributed by atoms with Gasteiger partial charge < -0.3 is 0 Å². The first kappa shape index (κ1) is 6.81. The van der Waals surface area contributed by atoms with E-state index in [0.29, 0.717) is 6.42 Å². The van der Waals surface area contributed by atoms with Gasteiger partial charge in [0.2, 0.25) is 0 Å². The van der Waals surface area contributed by atoms with Crippen molar-refractivity contribution in [3.8, 4) is 0 Å². The van der Waals surface area contributed by atoms with Crippen molar-refractivity contribution in [1.82, 2.24) is 0 Å². The molecule has 1 rings (SSSR count). The van der Waals surface area contributed by atoms with E-state index in [1.54, 1.807) is 0 Å². The first-order valence-electron chi connectivity index (χ1n) is 2.90. The molecule has 0 aliphatic heterocycles. The molecule has 0 radical (unpaired) electrons. The largest absolute Gasteiger partial charge is 0.298 e. The Balaban J connectivity index is 2.29. The maximum atomic E-state index is 10.6. The van der Waals surface area contributed by atoms with Crippen LogP contribution in [0.15, 0.2) is 0 Å². The molecule has 1 fully saturated rings. The second kappa shape index (κ2) is 2.52. The summed E-state index contributed by atoms with van der Waals surface area (Å²) in [5.74, 6) is 0.232. The number of rotatable bonds is 1. The molecule has 1 aliphatic rings. The van der Waals surface area contributed by atoms with Gasteiger partial charge in [0.1, 0.15) is 5.78 Å². The summed E-state index contributed by atoms with van der Waals surface area (Å²) in [7, 11) is 0. The molecule has 1 unspecified atom stereocenters. The minimum atomic E-state index is 0.00231. The van der Waals surface area contributed by atoms with Gasteiger partial charge in [-0.1, -0.05) is 11.8 Å². The molecule has 0 bridgehead atoms. The maximum absolute atomic E-state index is 10.6. The molecule has 0 saturated heterocycles. The number of hydrogen-bond acceptors (Lipinski definition) is 3. The Bertz CT molecular complexity index is 153. The summed E-state index contributed by atoms with van der Waals surface area (Å²) in [5.41, 5.74) is 0. The molecule has 1 atom stereocenters. The van der Waals surface area contributed by atoms with E-state index in [1.165, 1.54) is 6.92 Å². The standard InChI is InChI=1S/C6H8O2S/c1-4(7)9-6-3-2-5(6)8/h6H,2-3H2,1H3. The fraction of sp³-hybridized carbons (Fsp3) is 0.667. The van der Waals surface area contributed by atoms with E-state index in [0.717, 1.165) is 18.2 Å². The van der Waals surface area contributed by atoms with Gasteiger partial charge in [-0.25, -0.2) is 0 Å². The Morgan fingerprint density at radius 2 is 2.44 bits per heavy atom. The monoisotopic (exact) mass is 144 g/mol. The van der Waals surface area contributed by atoms with Gasteiger partial charge in [0.25, 0.3) is 0 Å². The zero-order valence-corrected chi connectivity index (χ0v) is 6.03. The SMILES string of the molecule is CC(=O)SC1CCC1=O. The van der Waals surface area contributed by atoms with Crippen LogP contribution < -0.4 is 0 Å². The summed E-state index contributed by atoms with van der Waals surface area (Å²) in [6.45, 7) is 1.50. The van der Waals surface area contributed by atoms with Crippen LogP contribution in [0, 0.1) is 0 Å². The molecule has 0 aromatic rings. The van der Waals surface area contributed by atoms with Gasteiger partial charge in [-0.05, 0) is 6.42 Å². The predicted octanol–water partition coefficient (Wildman–Crippen LogP) is 0.998. The third kappa shape index (κ3) is 1.55. The van der Waals surface area contributed by atoms with Crippen LogP contribution in [0.3, 0.4) is 0 Å². The van der Waals surface area contributed by atoms with E-state index < -0.39 is 0 Å². The summed E-state index contributed by atoms with van der Waals surface area (Å²) in [4.78, 5) is 21.0. The highest BCUT2D eigenvalue weighted by atomic mass is 32.2. The van der Waals surface area contributed by atoms with Crippen LogP contribution in [0.4, 0.5) is 0 Å². The molecule has 0 aromatic heterocycles. The molecule has 0 spiro atoms. The number of ketones is 1. The number of carbonyl (C=O) groups is 2. The van der Waals surface area contributed by atoms with Crippen molar-refractivity contribution in [3.05, 3.63) is 0 Å². The minimum absolute atomic E-state index is 0.00231. The maximum Gasteiger partial charge on any atom is 0.186 e. The molecule has 3 heteroatoms. The van der Waals surface area contributed by atoms with Gasteiger partial charge in [0.05, 0.1) is 5.25 Å². The second-order valence-electron chi connectivity index (χ2n) is 2.10. The molecule has 0 heterocycles. The van der Waals surface area contributed by atoms with E-state index in [2.05, 4.69) is 0 Å². The third-order valence-electron chi connectivity index (χ3n) is 1.32. The molecule has 1 aliphatic carbocycles. The fourth-order valence-corrected chi connectivity index (χ4v) is 1.59. The zero-order valence-electron chi connectivity index (χ0n) is 5.22. The first-order chi connectivity index (χ1) is 4.20. The van der Waals surface area contributed by atoms with Gasteiger partial charge in [-0.2, -0.15) is 0 Å². The molecule has 1 saturated carbocycles. The predicted molar refractivity (Wildman–Crippen MR) is 36.3 cm³/mol. The van der Waals surface area contributed by atoms with Gasteiger partial charge in [0, 0.05) is 13.3 Å². The molecule has 0 aromatic carbocycles. The number of thioether (sulfide) groups is 1. The van der Waals surface area contributed by atoms with Crippen molar-refractivity contribution in [2.45, 2.75) is 25.0 Å².